The predicted octanol–water partition coefficient (Wildman–Crippen LogP) is 0.0744. The number of sulfonamides is 1. The van der Waals surface area contributed by atoms with E-state index in [2.05, 4.69) is 4.72 Å². The Morgan fingerprint density at radius 2 is 2.07 bits per heavy atom. The molecule has 15 heavy (non-hydrogen) atoms. The Morgan fingerprint density at radius 3 is 2.60 bits per heavy atom. The molecule has 0 fully saturated rings. The number of aliphatic carboxylic acids is 1. The lowest BCUT2D eigenvalue weighted by molar-refractivity contribution is -0.136. The van der Waals surface area contributed by atoms with Crippen molar-refractivity contribution < 1.29 is 18.3 Å². The van der Waals surface area contributed by atoms with Gasteiger partial charge in [0.05, 0.1) is 18.2 Å². The van der Waals surface area contributed by atoms with Gasteiger partial charge in [0.1, 0.15) is 0 Å². The van der Waals surface area contributed by atoms with Crippen LogP contribution >= 0.6 is 0 Å². The van der Waals surface area contributed by atoms with Crippen LogP contribution in [0.15, 0.2) is 0 Å². The van der Waals surface area contributed by atoms with E-state index >= 15 is 0 Å². The smallest absolute Gasteiger partial charge is 0.304 e. The van der Waals surface area contributed by atoms with E-state index in [1.54, 1.807) is 0 Å². The lowest BCUT2D eigenvalue weighted by Crippen LogP contribution is -2.28. The molecule has 0 saturated carbocycles. The topological polar surface area (TPSA) is 107 Å². The lowest BCUT2D eigenvalue weighted by atomic mass is 10.2. The quantitative estimate of drug-likeness (QED) is 0.578. The number of hydrogen-bond acceptors (Lipinski definition) is 4. The molecule has 0 bridgehead atoms. The number of carboxylic acid groups (broad SMARTS) is 1. The van der Waals surface area contributed by atoms with Crippen LogP contribution in [-0.2, 0) is 14.8 Å². The van der Waals surface area contributed by atoms with Gasteiger partial charge in [-0.25, -0.2) is 13.1 Å². The van der Waals surface area contributed by atoms with Gasteiger partial charge in [-0.15, -0.1) is 0 Å². The van der Waals surface area contributed by atoms with E-state index in [0.717, 1.165) is 0 Å². The van der Waals surface area contributed by atoms with Crippen LogP contribution in [0.5, 0.6) is 0 Å². The highest BCUT2D eigenvalue weighted by Crippen LogP contribution is 1.94. The molecule has 0 heterocycles. The van der Waals surface area contributed by atoms with Crippen molar-refractivity contribution >= 4 is 16.0 Å². The van der Waals surface area contributed by atoms with Gasteiger partial charge in [-0.1, -0.05) is 0 Å². The first kappa shape index (κ1) is 13.9. The Labute approximate surface area is 89.0 Å². The number of nitriles is 1. The van der Waals surface area contributed by atoms with Crippen molar-refractivity contribution in [3.05, 3.63) is 0 Å². The monoisotopic (exact) mass is 234 g/mol. The van der Waals surface area contributed by atoms with Gasteiger partial charge >= 0.3 is 5.97 Å². The number of rotatable bonds is 8. The van der Waals surface area contributed by atoms with Crippen LogP contribution in [0.2, 0.25) is 0 Å². The first-order chi connectivity index (χ1) is 6.98. The molecule has 0 atom stereocenters. The van der Waals surface area contributed by atoms with Crippen molar-refractivity contribution in [2.45, 2.75) is 25.7 Å². The van der Waals surface area contributed by atoms with Gasteiger partial charge in [-0.05, 0) is 12.8 Å². The molecule has 0 unspecified atom stereocenters. The van der Waals surface area contributed by atoms with Gasteiger partial charge in [-0.3, -0.25) is 4.79 Å². The maximum atomic E-state index is 11.1. The average Bonchev–Trinajstić information content (AvgIpc) is 2.15. The normalized spacial score (nSPS) is 10.9. The third-order valence-corrected chi connectivity index (χ3v) is 3.01. The van der Waals surface area contributed by atoms with Crippen molar-refractivity contribution in [2.75, 3.05) is 12.3 Å². The number of nitrogens with one attached hydrogen (secondary N) is 1. The molecule has 6 nitrogen and oxygen atoms in total. The zero-order chi connectivity index (χ0) is 11.7. The van der Waals surface area contributed by atoms with Gasteiger partial charge in [0, 0.05) is 13.0 Å². The van der Waals surface area contributed by atoms with Gasteiger partial charge in [-0.2, -0.15) is 5.26 Å². The largest absolute Gasteiger partial charge is 0.481 e. The molecule has 0 spiro atoms. The van der Waals surface area contributed by atoms with Crippen LogP contribution in [-0.4, -0.2) is 31.8 Å². The summed E-state index contributed by atoms with van der Waals surface area (Å²) in [5.74, 6) is -1.54. The second-order valence-electron chi connectivity index (χ2n) is 2.97. The summed E-state index contributed by atoms with van der Waals surface area (Å²) in [7, 11) is -3.48. The Bertz CT molecular complexity index is 331. The molecule has 0 aromatic carbocycles. The molecule has 0 radical (unpaired) electrons. The molecule has 86 valence electrons. The first-order valence-electron chi connectivity index (χ1n) is 4.54. The summed E-state index contributed by atoms with van der Waals surface area (Å²) in [6.45, 7) is 0.254. The molecule has 0 amide bonds. The third-order valence-electron chi connectivity index (χ3n) is 1.62. The van der Waals surface area contributed by atoms with Crippen molar-refractivity contribution in [3.8, 4) is 6.07 Å². The Morgan fingerprint density at radius 1 is 1.40 bits per heavy atom. The Kier molecular flexibility index (Phi) is 6.66. The van der Waals surface area contributed by atoms with E-state index in [9.17, 15) is 13.2 Å². The van der Waals surface area contributed by atoms with Gasteiger partial charge < -0.3 is 5.11 Å². The van der Waals surface area contributed by atoms with E-state index in [0.29, 0.717) is 19.3 Å². The maximum Gasteiger partial charge on any atom is 0.304 e. The zero-order valence-electron chi connectivity index (χ0n) is 8.27. The SMILES string of the molecule is N#CCCCCNS(=O)(=O)CCC(=O)O. The molecule has 7 heteroatoms. The van der Waals surface area contributed by atoms with Crippen molar-refractivity contribution in [2.24, 2.45) is 0 Å². The van der Waals surface area contributed by atoms with Crippen molar-refractivity contribution in [3.63, 3.8) is 0 Å². The van der Waals surface area contributed by atoms with E-state index in [4.69, 9.17) is 10.4 Å². The van der Waals surface area contributed by atoms with Crippen LogP contribution < -0.4 is 4.72 Å². The highest BCUT2D eigenvalue weighted by atomic mass is 32.2. The second-order valence-corrected chi connectivity index (χ2v) is 4.90. The summed E-state index contributed by atoms with van der Waals surface area (Å²) < 4.78 is 24.5. The summed E-state index contributed by atoms with van der Waals surface area (Å²) in [6.07, 6.45) is 1.22. The summed E-state index contributed by atoms with van der Waals surface area (Å²) in [4.78, 5) is 10.1. The summed E-state index contributed by atoms with van der Waals surface area (Å²) in [6, 6.07) is 1.95. The van der Waals surface area contributed by atoms with E-state index in [1.807, 2.05) is 6.07 Å². The molecular formula is C8H14N2O4S. The molecule has 2 N–H and O–H groups in total. The standard InChI is InChI=1S/C8H14N2O4S/c9-5-2-1-3-6-10-15(13,14)7-4-8(11)12/h10H,1-4,6-7H2,(H,11,12). The number of hydrogen-bond donors (Lipinski definition) is 2. The highest BCUT2D eigenvalue weighted by Gasteiger charge is 2.11. The lowest BCUT2D eigenvalue weighted by Gasteiger charge is -2.03. The van der Waals surface area contributed by atoms with Crippen LogP contribution in [0.3, 0.4) is 0 Å². The highest BCUT2D eigenvalue weighted by molar-refractivity contribution is 7.89. The minimum atomic E-state index is -3.48. The van der Waals surface area contributed by atoms with Crippen LogP contribution in [0.4, 0.5) is 0 Å². The Hall–Kier alpha value is -1.13. The fourth-order valence-corrected chi connectivity index (χ4v) is 1.89. The molecule has 0 saturated heterocycles. The van der Waals surface area contributed by atoms with Gasteiger partial charge in [0.15, 0.2) is 0 Å². The Balaban J connectivity index is 3.66. The van der Waals surface area contributed by atoms with Crippen LogP contribution in [0, 0.1) is 11.3 Å². The number of unbranched alkanes of at least 4 members (excludes halogenated alkanes) is 2. The second kappa shape index (κ2) is 7.20. The van der Waals surface area contributed by atoms with Crippen LogP contribution in [0.25, 0.3) is 0 Å². The van der Waals surface area contributed by atoms with E-state index in [1.165, 1.54) is 0 Å². The van der Waals surface area contributed by atoms with Gasteiger partial charge in [0.2, 0.25) is 10.0 Å². The minimum Gasteiger partial charge on any atom is -0.481 e. The maximum absolute atomic E-state index is 11.1. The predicted molar refractivity (Wildman–Crippen MR) is 53.5 cm³/mol. The first-order valence-corrected chi connectivity index (χ1v) is 6.19. The molecule has 0 aliphatic heterocycles. The molecule has 0 aliphatic rings. The zero-order valence-corrected chi connectivity index (χ0v) is 9.09. The third kappa shape index (κ3) is 9.18. The van der Waals surface area contributed by atoms with E-state index in [-0.39, 0.29) is 6.54 Å². The molecule has 0 aromatic heterocycles. The number of carboxylic acids is 1. The molecule has 0 aromatic rings. The van der Waals surface area contributed by atoms with Gasteiger partial charge in [0.25, 0.3) is 0 Å². The van der Waals surface area contributed by atoms with Crippen molar-refractivity contribution in [1.82, 2.24) is 4.72 Å². The van der Waals surface area contributed by atoms with Crippen molar-refractivity contribution in [1.29, 1.82) is 5.26 Å². The molecular weight excluding hydrogens is 220 g/mol. The number of nitrogens with zero attached hydrogens (tertiary/aromatic N) is 1. The number of carbonyl (C=O) groups is 1. The molecule has 0 aliphatic carbocycles. The van der Waals surface area contributed by atoms with E-state index < -0.39 is 28.2 Å². The minimum absolute atomic E-state index is 0.254. The fraction of sp³-hybridized carbons (Fsp3) is 0.750. The average molecular weight is 234 g/mol. The summed E-state index contributed by atoms with van der Waals surface area (Å²) in [5.41, 5.74) is 0. The summed E-state index contributed by atoms with van der Waals surface area (Å²) in [5, 5.41) is 16.5. The fourth-order valence-electron chi connectivity index (χ4n) is 0.851. The molecule has 0 rings (SSSR count). The summed E-state index contributed by atoms with van der Waals surface area (Å²) >= 11 is 0. The van der Waals surface area contributed by atoms with Crippen LogP contribution in [0.1, 0.15) is 25.7 Å².